The average molecular weight is 385 g/mol. The van der Waals surface area contributed by atoms with Gasteiger partial charge in [0.2, 0.25) is 0 Å². The number of aryl methyl sites for hydroxylation is 2. The number of hydrogen-bond donors (Lipinski definition) is 0. The Morgan fingerprint density at radius 3 is 2.18 bits per heavy atom. The van der Waals surface area contributed by atoms with Gasteiger partial charge in [0.25, 0.3) is 0 Å². The summed E-state index contributed by atoms with van der Waals surface area (Å²) in [6.45, 7) is 8.59. The van der Waals surface area contributed by atoms with E-state index in [1.165, 1.54) is 4.57 Å². The van der Waals surface area contributed by atoms with Gasteiger partial charge in [0.1, 0.15) is 5.82 Å². The van der Waals surface area contributed by atoms with E-state index in [0.29, 0.717) is 17.0 Å². The van der Waals surface area contributed by atoms with E-state index in [0.717, 1.165) is 12.3 Å². The summed E-state index contributed by atoms with van der Waals surface area (Å²) in [5.74, 6) is -3.59. The van der Waals surface area contributed by atoms with Crippen LogP contribution in [0.1, 0.15) is 42.5 Å². The fourth-order valence-electron chi connectivity index (χ4n) is 3.33. The van der Waals surface area contributed by atoms with Crippen molar-refractivity contribution < 1.29 is 18.7 Å². The van der Waals surface area contributed by atoms with Crippen LogP contribution in [0.3, 0.4) is 0 Å². The van der Waals surface area contributed by atoms with Crippen LogP contribution in [0.25, 0.3) is 22.0 Å². The number of carbonyl (C=O) groups is 1. The molecule has 0 saturated heterocycles. The summed E-state index contributed by atoms with van der Waals surface area (Å²) in [6, 6.07) is 3.99. The molecule has 0 aliphatic heterocycles. The number of aromatic carboxylic acids is 1. The number of carbonyl (C=O) groups excluding carboxylic acids is 1. The van der Waals surface area contributed by atoms with Crippen molar-refractivity contribution in [2.45, 2.75) is 40.2 Å². The van der Waals surface area contributed by atoms with Crippen LogP contribution >= 0.6 is 0 Å². The Hall–Kier alpha value is -3.09. The molecule has 2 heterocycles. The van der Waals surface area contributed by atoms with E-state index in [1.807, 2.05) is 0 Å². The van der Waals surface area contributed by atoms with Gasteiger partial charge in [-0.25, -0.2) is 8.78 Å². The highest BCUT2D eigenvalue weighted by Gasteiger charge is 2.25. The maximum absolute atomic E-state index is 15.6. The quantitative estimate of drug-likeness (QED) is 0.679. The van der Waals surface area contributed by atoms with Crippen LogP contribution in [-0.4, -0.2) is 15.5 Å². The second-order valence-electron chi connectivity index (χ2n) is 7.78. The largest absolute Gasteiger partial charge is 0.545 e. The molecule has 0 atom stereocenters. The van der Waals surface area contributed by atoms with Crippen molar-refractivity contribution in [2.75, 3.05) is 0 Å². The van der Waals surface area contributed by atoms with E-state index in [-0.39, 0.29) is 16.5 Å². The highest BCUT2D eigenvalue weighted by Crippen LogP contribution is 2.33. The lowest BCUT2D eigenvalue weighted by atomic mass is 9.98. The molecule has 0 aliphatic carbocycles. The maximum Gasteiger partial charge on any atom is 0.198 e. The van der Waals surface area contributed by atoms with Crippen LogP contribution in [0, 0.1) is 25.5 Å². The van der Waals surface area contributed by atoms with Crippen molar-refractivity contribution in [3.05, 3.63) is 63.2 Å². The Balaban J connectivity index is 2.54. The number of hydrogen-bond acceptors (Lipinski definition) is 4. The number of halogens is 2. The Labute approximate surface area is 160 Å². The van der Waals surface area contributed by atoms with E-state index < -0.39 is 34.1 Å². The minimum atomic E-state index is -1.70. The molecule has 0 radical (unpaired) electrons. The van der Waals surface area contributed by atoms with Crippen molar-refractivity contribution in [1.82, 2.24) is 9.55 Å². The molecule has 7 heteroatoms. The lowest BCUT2D eigenvalue weighted by molar-refractivity contribution is -0.255. The van der Waals surface area contributed by atoms with Gasteiger partial charge >= 0.3 is 0 Å². The third kappa shape index (κ3) is 3.17. The first kappa shape index (κ1) is 19.7. The van der Waals surface area contributed by atoms with E-state index in [1.54, 1.807) is 46.8 Å². The van der Waals surface area contributed by atoms with E-state index >= 15 is 4.39 Å². The topological polar surface area (TPSA) is 75.0 Å². The van der Waals surface area contributed by atoms with Crippen molar-refractivity contribution in [3.63, 3.8) is 0 Å². The molecule has 0 amide bonds. The van der Waals surface area contributed by atoms with Crippen LogP contribution in [0.4, 0.5) is 8.78 Å². The monoisotopic (exact) mass is 385 g/mol. The van der Waals surface area contributed by atoms with E-state index in [9.17, 15) is 19.1 Å². The molecule has 3 aromatic rings. The van der Waals surface area contributed by atoms with Crippen molar-refractivity contribution in [2.24, 2.45) is 0 Å². The molecule has 146 valence electrons. The SMILES string of the molecule is Cc1cc(-c2c(F)cc3c(=O)c(C(=O)[O-])cn(C(C)(C)C)c3c2F)cc(C)n1. The van der Waals surface area contributed by atoms with Crippen molar-refractivity contribution in [1.29, 1.82) is 0 Å². The Morgan fingerprint density at radius 2 is 1.68 bits per heavy atom. The maximum atomic E-state index is 15.6. The van der Waals surface area contributed by atoms with E-state index in [4.69, 9.17) is 0 Å². The number of carboxylic acid groups (broad SMARTS) is 1. The highest BCUT2D eigenvalue weighted by molar-refractivity contribution is 5.93. The normalized spacial score (nSPS) is 11.8. The van der Waals surface area contributed by atoms with Crippen LogP contribution in [0.5, 0.6) is 0 Å². The van der Waals surface area contributed by atoms with E-state index in [2.05, 4.69) is 4.98 Å². The van der Waals surface area contributed by atoms with Crippen LogP contribution in [0.2, 0.25) is 0 Å². The van der Waals surface area contributed by atoms with Gasteiger partial charge in [-0.15, -0.1) is 0 Å². The fourth-order valence-corrected chi connectivity index (χ4v) is 3.33. The molecule has 0 aliphatic rings. The molecule has 28 heavy (non-hydrogen) atoms. The molecule has 0 bridgehead atoms. The average Bonchev–Trinajstić information content (AvgIpc) is 2.53. The fraction of sp³-hybridized carbons (Fsp3) is 0.286. The Bertz CT molecular complexity index is 1170. The molecule has 0 N–H and O–H groups in total. The zero-order valence-electron chi connectivity index (χ0n) is 16.2. The number of nitrogens with zero attached hydrogens (tertiary/aromatic N) is 2. The van der Waals surface area contributed by atoms with Gasteiger partial charge in [-0.2, -0.15) is 0 Å². The highest BCUT2D eigenvalue weighted by atomic mass is 19.1. The third-order valence-electron chi connectivity index (χ3n) is 4.49. The van der Waals surface area contributed by atoms with Gasteiger partial charge in [-0.1, -0.05) is 0 Å². The number of rotatable bonds is 2. The number of fused-ring (bicyclic) bond motifs is 1. The molecule has 0 spiro atoms. The van der Waals surface area contributed by atoms with Crippen molar-refractivity contribution in [3.8, 4) is 11.1 Å². The summed E-state index contributed by atoms with van der Waals surface area (Å²) in [5.41, 5.74) is -1.39. The third-order valence-corrected chi connectivity index (χ3v) is 4.49. The minimum Gasteiger partial charge on any atom is -0.545 e. The number of pyridine rings is 2. The number of carboxylic acids is 1. The van der Waals surface area contributed by atoms with Gasteiger partial charge in [-0.05, 0) is 58.4 Å². The summed E-state index contributed by atoms with van der Waals surface area (Å²) in [7, 11) is 0. The van der Waals surface area contributed by atoms with Gasteiger partial charge in [-0.3, -0.25) is 9.78 Å². The van der Waals surface area contributed by atoms with Crippen LogP contribution in [0.15, 0.2) is 29.2 Å². The molecule has 3 rings (SSSR count). The van der Waals surface area contributed by atoms with Gasteiger partial charge < -0.3 is 14.5 Å². The van der Waals surface area contributed by atoms with Gasteiger partial charge in [0.05, 0.1) is 28.0 Å². The van der Waals surface area contributed by atoms with Crippen molar-refractivity contribution >= 4 is 16.9 Å². The molecular weight excluding hydrogens is 366 g/mol. The molecule has 0 saturated carbocycles. The Kier molecular flexibility index (Phi) is 4.57. The smallest absolute Gasteiger partial charge is 0.198 e. The summed E-state index contributed by atoms with van der Waals surface area (Å²) < 4.78 is 31.8. The lowest BCUT2D eigenvalue weighted by Gasteiger charge is -2.27. The molecule has 0 fully saturated rings. The second-order valence-corrected chi connectivity index (χ2v) is 7.78. The number of benzene rings is 1. The first-order chi connectivity index (χ1) is 12.9. The first-order valence-corrected chi connectivity index (χ1v) is 8.66. The molecular formula is C21H19F2N2O3-. The summed E-state index contributed by atoms with van der Waals surface area (Å²) in [4.78, 5) is 28.1. The molecule has 1 aromatic carbocycles. The Morgan fingerprint density at radius 1 is 1.11 bits per heavy atom. The van der Waals surface area contributed by atoms with Crippen LogP contribution in [-0.2, 0) is 5.54 Å². The second kappa shape index (κ2) is 6.51. The minimum absolute atomic E-state index is 0.161. The van der Waals surface area contributed by atoms with Crippen LogP contribution < -0.4 is 10.5 Å². The molecule has 5 nitrogen and oxygen atoms in total. The summed E-state index contributed by atoms with van der Waals surface area (Å²) in [5, 5.41) is 11.0. The molecule has 2 aromatic heterocycles. The number of aromatic nitrogens is 2. The van der Waals surface area contributed by atoms with Gasteiger partial charge in [0.15, 0.2) is 11.2 Å². The van der Waals surface area contributed by atoms with Gasteiger partial charge in [0, 0.05) is 23.1 Å². The summed E-state index contributed by atoms with van der Waals surface area (Å²) >= 11 is 0. The zero-order valence-corrected chi connectivity index (χ0v) is 16.2. The summed E-state index contributed by atoms with van der Waals surface area (Å²) in [6.07, 6.45) is 1.05. The first-order valence-electron chi connectivity index (χ1n) is 8.66. The predicted molar refractivity (Wildman–Crippen MR) is 100 cm³/mol. The zero-order chi connectivity index (χ0) is 21.0. The lowest BCUT2D eigenvalue weighted by Crippen LogP contribution is -2.33. The predicted octanol–water partition coefficient (Wildman–Crippen LogP) is 3.08. The molecule has 0 unspecified atom stereocenters. The standard InChI is InChI=1S/C21H20F2N2O3/c1-10-6-12(7-11(2)24-10)16-15(22)8-13-18(17(16)23)25(21(3,4)5)9-14(19(13)26)20(27)28/h6-9H,1-5H3,(H,27,28)/p-1.